The maximum absolute atomic E-state index is 13.3. The van der Waals surface area contributed by atoms with E-state index in [0.29, 0.717) is 31.1 Å². The molecule has 2 N–H and O–H groups in total. The molecule has 2 rings (SSSR count). The zero-order valence-electron chi connectivity index (χ0n) is 10.9. The number of hydrogen-bond donors (Lipinski definition) is 2. The van der Waals surface area contributed by atoms with Crippen LogP contribution in [0.3, 0.4) is 0 Å². The van der Waals surface area contributed by atoms with Crippen LogP contribution in [-0.2, 0) is 16.6 Å². The molecule has 1 saturated carbocycles. The summed E-state index contributed by atoms with van der Waals surface area (Å²) in [4.78, 5) is 0.0362. The van der Waals surface area contributed by atoms with E-state index < -0.39 is 15.8 Å². The Bertz CT molecular complexity index is 542. The van der Waals surface area contributed by atoms with E-state index >= 15 is 0 Å². The summed E-state index contributed by atoms with van der Waals surface area (Å²) >= 11 is 0. The third kappa shape index (κ3) is 3.99. The predicted molar refractivity (Wildman–Crippen MR) is 71.7 cm³/mol. The molecule has 0 heterocycles. The van der Waals surface area contributed by atoms with Gasteiger partial charge < -0.3 is 5.32 Å². The van der Waals surface area contributed by atoms with Crippen LogP contribution in [0.1, 0.15) is 31.7 Å². The van der Waals surface area contributed by atoms with E-state index in [-0.39, 0.29) is 4.90 Å². The SMILES string of the molecule is CCCNS(=O)(=O)c1cc(F)ccc1CNC1CC1. The van der Waals surface area contributed by atoms with E-state index in [1.165, 1.54) is 12.1 Å². The fraction of sp³-hybridized carbons (Fsp3) is 0.538. The van der Waals surface area contributed by atoms with Gasteiger partial charge in [-0.2, -0.15) is 0 Å². The van der Waals surface area contributed by atoms with Crippen LogP contribution in [0.2, 0.25) is 0 Å². The third-order valence-electron chi connectivity index (χ3n) is 3.02. The lowest BCUT2D eigenvalue weighted by Gasteiger charge is -2.12. The maximum Gasteiger partial charge on any atom is 0.240 e. The van der Waals surface area contributed by atoms with Crippen LogP contribution in [0.15, 0.2) is 23.1 Å². The Morgan fingerprint density at radius 2 is 2.11 bits per heavy atom. The minimum absolute atomic E-state index is 0.0362. The monoisotopic (exact) mass is 286 g/mol. The van der Waals surface area contributed by atoms with Gasteiger partial charge in [0.25, 0.3) is 0 Å². The molecule has 0 radical (unpaired) electrons. The second kappa shape index (κ2) is 5.98. The molecule has 106 valence electrons. The van der Waals surface area contributed by atoms with Gasteiger partial charge in [-0.05, 0) is 37.0 Å². The minimum atomic E-state index is -3.63. The highest BCUT2D eigenvalue weighted by Gasteiger charge is 2.23. The molecule has 0 amide bonds. The molecular weight excluding hydrogens is 267 g/mol. The smallest absolute Gasteiger partial charge is 0.240 e. The Morgan fingerprint density at radius 3 is 2.74 bits per heavy atom. The third-order valence-corrected chi connectivity index (χ3v) is 4.56. The van der Waals surface area contributed by atoms with E-state index in [2.05, 4.69) is 10.0 Å². The highest BCUT2D eigenvalue weighted by Crippen LogP contribution is 2.22. The van der Waals surface area contributed by atoms with Gasteiger partial charge >= 0.3 is 0 Å². The van der Waals surface area contributed by atoms with E-state index in [4.69, 9.17) is 0 Å². The standard InChI is InChI=1S/C13H19FN2O2S/c1-2-7-16-19(17,18)13-8-11(14)4-3-10(13)9-15-12-5-6-12/h3-4,8,12,15-16H,2,5-7,9H2,1H3. The van der Waals surface area contributed by atoms with E-state index in [1.807, 2.05) is 6.92 Å². The molecule has 1 aromatic carbocycles. The highest BCUT2D eigenvalue weighted by molar-refractivity contribution is 7.89. The molecule has 19 heavy (non-hydrogen) atoms. The molecule has 4 nitrogen and oxygen atoms in total. The molecule has 0 unspecified atom stereocenters. The van der Waals surface area contributed by atoms with Crippen molar-refractivity contribution in [3.63, 3.8) is 0 Å². The molecule has 1 aliphatic carbocycles. The van der Waals surface area contributed by atoms with Crippen molar-refractivity contribution in [1.29, 1.82) is 0 Å². The van der Waals surface area contributed by atoms with E-state index in [0.717, 1.165) is 18.9 Å². The summed E-state index contributed by atoms with van der Waals surface area (Å²) in [6, 6.07) is 4.39. The zero-order valence-corrected chi connectivity index (χ0v) is 11.8. The molecule has 0 atom stereocenters. The fourth-order valence-corrected chi connectivity index (χ4v) is 3.16. The van der Waals surface area contributed by atoms with E-state index in [1.54, 1.807) is 0 Å². The van der Waals surface area contributed by atoms with Crippen LogP contribution >= 0.6 is 0 Å². The number of benzene rings is 1. The number of rotatable bonds is 7. The summed E-state index contributed by atoms with van der Waals surface area (Å²) in [7, 11) is -3.63. The van der Waals surface area contributed by atoms with Crippen molar-refractivity contribution in [2.24, 2.45) is 0 Å². The Morgan fingerprint density at radius 1 is 1.37 bits per heavy atom. The molecule has 0 aliphatic heterocycles. The Kier molecular flexibility index (Phi) is 4.54. The molecule has 6 heteroatoms. The first kappa shape index (κ1) is 14.4. The molecule has 0 spiro atoms. The number of sulfonamides is 1. The molecular formula is C13H19FN2O2S. The second-order valence-corrected chi connectivity index (χ2v) is 6.54. The molecule has 1 aromatic rings. The Hall–Kier alpha value is -0.980. The van der Waals surface area contributed by atoms with Crippen LogP contribution in [0, 0.1) is 5.82 Å². The average Bonchev–Trinajstić information content (AvgIpc) is 3.19. The van der Waals surface area contributed by atoms with Gasteiger partial charge in [-0.25, -0.2) is 17.5 Å². The van der Waals surface area contributed by atoms with Crippen LogP contribution in [0.4, 0.5) is 4.39 Å². The van der Waals surface area contributed by atoms with Gasteiger partial charge in [0.15, 0.2) is 0 Å². The number of halogens is 1. The van der Waals surface area contributed by atoms with Gasteiger partial charge in [-0.15, -0.1) is 0 Å². The van der Waals surface area contributed by atoms with Gasteiger partial charge in [-0.3, -0.25) is 0 Å². The maximum atomic E-state index is 13.3. The first-order valence-electron chi connectivity index (χ1n) is 6.54. The first-order chi connectivity index (χ1) is 9.03. The Balaban J connectivity index is 2.22. The lowest BCUT2D eigenvalue weighted by Crippen LogP contribution is -2.27. The van der Waals surface area contributed by atoms with Crippen molar-refractivity contribution in [2.75, 3.05) is 6.54 Å². The topological polar surface area (TPSA) is 58.2 Å². The molecule has 1 fully saturated rings. The van der Waals surface area contributed by atoms with Gasteiger partial charge in [0.2, 0.25) is 10.0 Å². The first-order valence-corrected chi connectivity index (χ1v) is 8.02. The lowest BCUT2D eigenvalue weighted by molar-refractivity contribution is 0.572. The summed E-state index contributed by atoms with van der Waals surface area (Å²) in [5.74, 6) is -0.535. The van der Waals surface area contributed by atoms with E-state index in [9.17, 15) is 12.8 Å². The molecule has 1 aliphatic rings. The van der Waals surface area contributed by atoms with Crippen molar-refractivity contribution in [1.82, 2.24) is 10.0 Å². The summed E-state index contributed by atoms with van der Waals surface area (Å²) in [6.45, 7) is 2.69. The van der Waals surface area contributed by atoms with Crippen molar-refractivity contribution in [2.45, 2.75) is 43.7 Å². The van der Waals surface area contributed by atoms with Crippen molar-refractivity contribution in [3.05, 3.63) is 29.6 Å². The van der Waals surface area contributed by atoms with Gasteiger partial charge in [0, 0.05) is 19.1 Å². The number of nitrogens with one attached hydrogen (secondary N) is 2. The molecule has 0 aromatic heterocycles. The van der Waals surface area contributed by atoms with Crippen molar-refractivity contribution < 1.29 is 12.8 Å². The summed E-state index contributed by atoms with van der Waals surface area (Å²) in [5.41, 5.74) is 0.608. The van der Waals surface area contributed by atoms with Gasteiger partial charge in [-0.1, -0.05) is 13.0 Å². The minimum Gasteiger partial charge on any atom is -0.310 e. The van der Waals surface area contributed by atoms with Crippen LogP contribution < -0.4 is 10.0 Å². The van der Waals surface area contributed by atoms with Gasteiger partial charge in [0.1, 0.15) is 5.82 Å². The predicted octanol–water partition coefficient (Wildman–Crippen LogP) is 1.77. The summed E-state index contributed by atoms with van der Waals surface area (Å²) in [6.07, 6.45) is 2.94. The average molecular weight is 286 g/mol. The quantitative estimate of drug-likeness (QED) is 0.803. The van der Waals surface area contributed by atoms with Gasteiger partial charge in [0.05, 0.1) is 4.90 Å². The number of hydrogen-bond acceptors (Lipinski definition) is 3. The summed E-state index contributed by atoms with van der Waals surface area (Å²) < 4.78 is 40.0. The second-order valence-electron chi connectivity index (χ2n) is 4.80. The van der Waals surface area contributed by atoms with Crippen LogP contribution in [-0.4, -0.2) is 21.0 Å². The normalized spacial score (nSPS) is 15.7. The fourth-order valence-electron chi connectivity index (χ4n) is 1.78. The lowest BCUT2D eigenvalue weighted by atomic mass is 10.2. The largest absolute Gasteiger partial charge is 0.310 e. The van der Waals surface area contributed by atoms with Crippen molar-refractivity contribution in [3.8, 4) is 0 Å². The summed E-state index contributed by atoms with van der Waals surface area (Å²) in [5, 5.41) is 3.25. The van der Waals surface area contributed by atoms with Crippen LogP contribution in [0.25, 0.3) is 0 Å². The van der Waals surface area contributed by atoms with Crippen molar-refractivity contribution >= 4 is 10.0 Å². The highest BCUT2D eigenvalue weighted by atomic mass is 32.2. The molecule has 0 saturated heterocycles. The molecule has 0 bridgehead atoms. The van der Waals surface area contributed by atoms with Crippen LogP contribution in [0.5, 0.6) is 0 Å². The zero-order chi connectivity index (χ0) is 13.9. The Labute approximate surface area is 113 Å².